The molecule has 1 rings (SSSR count). The molecule has 2 heteroatoms. The quantitative estimate of drug-likeness (QED) is 0.737. The number of halogens is 1. The van der Waals surface area contributed by atoms with E-state index in [1.54, 1.807) is 11.3 Å². The summed E-state index contributed by atoms with van der Waals surface area (Å²) >= 11 is 5.23. The van der Waals surface area contributed by atoms with Gasteiger partial charge in [-0.3, -0.25) is 0 Å². The molecule has 0 nitrogen and oxygen atoms in total. The second-order valence-electron chi connectivity index (χ2n) is 3.19. The van der Waals surface area contributed by atoms with E-state index in [1.807, 2.05) is 0 Å². The molecule has 0 N–H and O–H groups in total. The molecule has 0 bridgehead atoms. The lowest BCUT2D eigenvalue weighted by molar-refractivity contribution is 0.587. The molecular formula is C9H13BrS. The molecule has 0 aliphatic carbocycles. The first-order valence-electron chi connectivity index (χ1n) is 3.91. The lowest BCUT2D eigenvalue weighted by atomic mass is 10.1. The molecule has 62 valence electrons. The van der Waals surface area contributed by atoms with Crippen molar-refractivity contribution in [2.75, 3.05) is 0 Å². The third kappa shape index (κ3) is 3.39. The van der Waals surface area contributed by atoms with Crippen LogP contribution in [0, 0.1) is 5.92 Å². The van der Waals surface area contributed by atoms with Crippen molar-refractivity contribution < 1.29 is 0 Å². The van der Waals surface area contributed by atoms with Gasteiger partial charge in [0, 0.05) is 0 Å². The summed E-state index contributed by atoms with van der Waals surface area (Å²) in [4.78, 5) is 0. The summed E-state index contributed by atoms with van der Waals surface area (Å²) in [6.07, 6.45) is 2.52. The molecule has 1 aromatic rings. The lowest BCUT2D eigenvalue weighted by Gasteiger charge is -2.00. The van der Waals surface area contributed by atoms with Crippen LogP contribution in [-0.4, -0.2) is 0 Å². The Morgan fingerprint density at radius 3 is 2.73 bits per heavy atom. The zero-order chi connectivity index (χ0) is 8.27. The van der Waals surface area contributed by atoms with Crippen molar-refractivity contribution in [1.29, 1.82) is 0 Å². The minimum Gasteiger partial charge on any atom is -0.137 e. The van der Waals surface area contributed by atoms with Gasteiger partial charge in [0.25, 0.3) is 0 Å². The third-order valence-corrected chi connectivity index (χ3v) is 3.19. The summed E-state index contributed by atoms with van der Waals surface area (Å²) in [6, 6.07) is 2.22. The molecule has 0 saturated carbocycles. The Hall–Kier alpha value is 0.180. The van der Waals surface area contributed by atoms with Gasteiger partial charge >= 0.3 is 0 Å². The molecule has 1 heterocycles. The van der Waals surface area contributed by atoms with Gasteiger partial charge in [-0.25, -0.2) is 0 Å². The molecule has 0 atom stereocenters. The van der Waals surface area contributed by atoms with Crippen LogP contribution in [-0.2, 0) is 6.42 Å². The van der Waals surface area contributed by atoms with Crippen LogP contribution in [0.3, 0.4) is 0 Å². The van der Waals surface area contributed by atoms with Crippen molar-refractivity contribution in [2.24, 2.45) is 5.92 Å². The summed E-state index contributed by atoms with van der Waals surface area (Å²) in [7, 11) is 0. The van der Waals surface area contributed by atoms with Gasteiger partial charge in [0.1, 0.15) is 0 Å². The normalized spacial score (nSPS) is 10.9. The first-order valence-corrected chi connectivity index (χ1v) is 5.58. The van der Waals surface area contributed by atoms with E-state index in [-0.39, 0.29) is 0 Å². The fraction of sp³-hybridized carbons (Fsp3) is 0.556. The zero-order valence-electron chi connectivity index (χ0n) is 6.93. The Bertz CT molecular complexity index is 215. The predicted octanol–water partition coefficient (Wildman–Crippen LogP) is 4.10. The van der Waals surface area contributed by atoms with E-state index in [1.165, 1.54) is 22.2 Å². The minimum absolute atomic E-state index is 0.814. The number of aryl methyl sites for hydroxylation is 1. The summed E-state index contributed by atoms with van der Waals surface area (Å²) in [5.41, 5.74) is 1.47. The van der Waals surface area contributed by atoms with E-state index in [2.05, 4.69) is 41.2 Å². The van der Waals surface area contributed by atoms with Gasteiger partial charge in [-0.1, -0.05) is 13.8 Å². The molecule has 0 aromatic carbocycles. The van der Waals surface area contributed by atoms with Crippen molar-refractivity contribution >= 4 is 27.3 Å². The van der Waals surface area contributed by atoms with Crippen molar-refractivity contribution in [1.82, 2.24) is 0 Å². The molecule has 11 heavy (non-hydrogen) atoms. The Balaban J connectivity index is 2.39. The Kier molecular flexibility index (Phi) is 3.60. The number of hydrogen-bond donors (Lipinski definition) is 0. The van der Waals surface area contributed by atoms with E-state index in [0.717, 1.165) is 5.92 Å². The Morgan fingerprint density at radius 1 is 1.55 bits per heavy atom. The van der Waals surface area contributed by atoms with E-state index < -0.39 is 0 Å². The average Bonchev–Trinajstić information content (AvgIpc) is 2.31. The van der Waals surface area contributed by atoms with E-state index in [0.29, 0.717) is 0 Å². The maximum Gasteiger partial charge on any atom is 0.0701 e. The minimum atomic E-state index is 0.814. The van der Waals surface area contributed by atoms with Crippen LogP contribution in [0.5, 0.6) is 0 Å². The van der Waals surface area contributed by atoms with Crippen LogP contribution < -0.4 is 0 Å². The van der Waals surface area contributed by atoms with Gasteiger partial charge in [-0.2, -0.15) is 0 Å². The van der Waals surface area contributed by atoms with Crippen molar-refractivity contribution in [3.63, 3.8) is 0 Å². The largest absolute Gasteiger partial charge is 0.137 e. The maximum absolute atomic E-state index is 3.46. The second-order valence-corrected chi connectivity index (χ2v) is 5.48. The molecule has 0 aliphatic heterocycles. The first kappa shape index (κ1) is 9.27. The van der Waals surface area contributed by atoms with Gasteiger partial charge in [0.2, 0.25) is 0 Å². The monoisotopic (exact) mass is 232 g/mol. The van der Waals surface area contributed by atoms with Crippen molar-refractivity contribution in [3.05, 3.63) is 20.8 Å². The highest BCUT2D eigenvalue weighted by atomic mass is 79.9. The van der Waals surface area contributed by atoms with Gasteiger partial charge < -0.3 is 0 Å². The smallest absolute Gasteiger partial charge is 0.0701 e. The highest BCUT2D eigenvalue weighted by molar-refractivity contribution is 9.11. The summed E-state index contributed by atoms with van der Waals surface area (Å²) in [6.45, 7) is 4.53. The molecule has 0 spiro atoms. The molecule has 0 fully saturated rings. The van der Waals surface area contributed by atoms with Gasteiger partial charge in [-0.15, -0.1) is 11.3 Å². The zero-order valence-corrected chi connectivity index (χ0v) is 9.33. The van der Waals surface area contributed by atoms with Crippen molar-refractivity contribution in [2.45, 2.75) is 26.7 Å². The number of thiophene rings is 1. The van der Waals surface area contributed by atoms with Crippen LogP contribution in [0.25, 0.3) is 0 Å². The average molecular weight is 233 g/mol. The van der Waals surface area contributed by atoms with Crippen LogP contribution in [0.15, 0.2) is 15.2 Å². The molecule has 0 aliphatic rings. The maximum atomic E-state index is 3.46. The first-order chi connectivity index (χ1) is 5.18. The molecule has 0 unspecified atom stereocenters. The second kappa shape index (κ2) is 4.27. The molecule has 0 radical (unpaired) electrons. The highest BCUT2D eigenvalue weighted by Crippen LogP contribution is 2.22. The van der Waals surface area contributed by atoms with Gasteiger partial charge in [0.05, 0.1) is 3.79 Å². The molecule has 1 aromatic heterocycles. The third-order valence-electron chi connectivity index (χ3n) is 1.63. The fourth-order valence-corrected chi connectivity index (χ4v) is 2.18. The molecule has 0 saturated heterocycles. The summed E-state index contributed by atoms with van der Waals surface area (Å²) in [5, 5.41) is 2.23. The van der Waals surface area contributed by atoms with E-state index in [9.17, 15) is 0 Å². The summed E-state index contributed by atoms with van der Waals surface area (Å²) < 4.78 is 1.25. The van der Waals surface area contributed by atoms with Crippen LogP contribution in [0.1, 0.15) is 25.8 Å². The lowest BCUT2D eigenvalue weighted by Crippen LogP contribution is -1.89. The summed E-state index contributed by atoms with van der Waals surface area (Å²) in [5.74, 6) is 0.814. The highest BCUT2D eigenvalue weighted by Gasteiger charge is 1.98. The van der Waals surface area contributed by atoms with E-state index >= 15 is 0 Å². The molecule has 0 amide bonds. The van der Waals surface area contributed by atoms with Gasteiger partial charge in [-0.05, 0) is 51.7 Å². The Labute approximate surface area is 80.8 Å². The van der Waals surface area contributed by atoms with Crippen molar-refractivity contribution in [3.8, 4) is 0 Å². The number of rotatable bonds is 3. The standard InChI is InChI=1S/C9H13BrS/c1-7(2)3-4-8-5-9(10)11-6-8/h5-7H,3-4H2,1-2H3. The topological polar surface area (TPSA) is 0 Å². The van der Waals surface area contributed by atoms with Crippen LogP contribution >= 0.6 is 27.3 Å². The molecular weight excluding hydrogens is 220 g/mol. The Morgan fingerprint density at radius 2 is 2.27 bits per heavy atom. The van der Waals surface area contributed by atoms with E-state index in [4.69, 9.17) is 0 Å². The predicted molar refractivity (Wildman–Crippen MR) is 55.2 cm³/mol. The fourth-order valence-electron chi connectivity index (χ4n) is 0.932. The SMILES string of the molecule is CC(C)CCc1csc(Br)c1. The van der Waals surface area contributed by atoms with Crippen LogP contribution in [0.2, 0.25) is 0 Å². The number of hydrogen-bond acceptors (Lipinski definition) is 1. The van der Waals surface area contributed by atoms with Crippen LogP contribution in [0.4, 0.5) is 0 Å². The van der Waals surface area contributed by atoms with Gasteiger partial charge in [0.15, 0.2) is 0 Å².